The molecular formula is C26H34ClN2O2Y-. The van der Waals surface area contributed by atoms with Crippen LogP contribution in [0.1, 0.15) is 44.5 Å². The van der Waals surface area contributed by atoms with Gasteiger partial charge in [0.2, 0.25) is 0 Å². The smallest absolute Gasteiger partial charge is 0.278 e. The number of nitrogens with zero attached hydrogens (tertiary/aromatic N) is 2. The maximum atomic E-state index is 13.1. The molecule has 0 aliphatic heterocycles. The van der Waals surface area contributed by atoms with Gasteiger partial charge in [-0.15, -0.1) is 0 Å². The van der Waals surface area contributed by atoms with Crippen LogP contribution in [0.25, 0.3) is 11.1 Å². The van der Waals surface area contributed by atoms with Gasteiger partial charge in [-0.05, 0) is 54.5 Å². The van der Waals surface area contributed by atoms with E-state index in [0.29, 0.717) is 35.7 Å². The molecule has 0 saturated carbocycles. The van der Waals surface area contributed by atoms with Gasteiger partial charge in [0.15, 0.2) is 5.75 Å². The van der Waals surface area contributed by atoms with Gasteiger partial charge in [0.25, 0.3) is 5.56 Å². The number of aromatic hydroxyl groups is 1. The standard InChI is InChI=1S/C23H25ClN2O2.C2H6.CH3.Y/c1-15(2)14-26-23(28)21(19-7-5-4-6-16(19)3)22(27)20(25-26)13-10-17-8-11-18(24)12-9-17;1-2;;/h4-9,11-12,15,27H,10,13-14H2,1-3H3;1-2H3;1H3;/q;;-1;. The van der Waals surface area contributed by atoms with Crippen molar-refractivity contribution in [3.8, 4) is 16.9 Å². The quantitative estimate of drug-likeness (QED) is 0.370. The first-order valence-corrected chi connectivity index (χ1v) is 10.9. The SMILES string of the molecule is CC.Cc1ccccc1-c1c(O)c(CCc2ccc(Cl)cc2)nn(CC(C)C)c1=O.[CH3-].[Y]. The maximum Gasteiger partial charge on any atom is 0.278 e. The van der Waals surface area contributed by atoms with Crippen LogP contribution in [0.3, 0.4) is 0 Å². The molecule has 2 aromatic carbocycles. The fraction of sp³-hybridized carbons (Fsp3) is 0.346. The van der Waals surface area contributed by atoms with Crippen LogP contribution in [0, 0.1) is 20.3 Å². The molecule has 0 aliphatic rings. The van der Waals surface area contributed by atoms with E-state index in [0.717, 1.165) is 16.7 Å². The minimum Gasteiger partial charge on any atom is -0.505 e. The molecule has 0 bridgehead atoms. The summed E-state index contributed by atoms with van der Waals surface area (Å²) in [5.74, 6) is 0.247. The van der Waals surface area contributed by atoms with Gasteiger partial charge in [0.05, 0.1) is 5.56 Å². The van der Waals surface area contributed by atoms with Crippen molar-refractivity contribution < 1.29 is 37.8 Å². The van der Waals surface area contributed by atoms with E-state index in [9.17, 15) is 9.90 Å². The fourth-order valence-electron chi connectivity index (χ4n) is 3.26. The van der Waals surface area contributed by atoms with E-state index in [1.54, 1.807) is 0 Å². The van der Waals surface area contributed by atoms with Crippen LogP contribution in [-0.2, 0) is 52.1 Å². The van der Waals surface area contributed by atoms with Crippen LogP contribution in [0.15, 0.2) is 53.3 Å². The Bertz CT molecular complexity index is 1030. The summed E-state index contributed by atoms with van der Waals surface area (Å²) in [4.78, 5) is 13.1. The predicted molar refractivity (Wildman–Crippen MR) is 132 cm³/mol. The Morgan fingerprint density at radius 3 is 2.19 bits per heavy atom. The van der Waals surface area contributed by atoms with Crippen LogP contribution < -0.4 is 5.56 Å². The van der Waals surface area contributed by atoms with E-state index < -0.39 is 0 Å². The first-order chi connectivity index (χ1) is 14.4. The van der Waals surface area contributed by atoms with Crippen molar-refractivity contribution in [2.45, 2.75) is 54.0 Å². The number of rotatable bonds is 6. The van der Waals surface area contributed by atoms with Gasteiger partial charge in [-0.25, -0.2) is 4.68 Å². The number of benzene rings is 2. The van der Waals surface area contributed by atoms with Crippen molar-refractivity contribution in [1.29, 1.82) is 0 Å². The molecular weight excluding hydrogens is 497 g/mol. The van der Waals surface area contributed by atoms with E-state index in [2.05, 4.69) is 5.10 Å². The van der Waals surface area contributed by atoms with Crippen LogP contribution in [-0.4, -0.2) is 14.9 Å². The predicted octanol–water partition coefficient (Wildman–Crippen LogP) is 6.49. The van der Waals surface area contributed by atoms with Gasteiger partial charge in [0, 0.05) is 44.3 Å². The van der Waals surface area contributed by atoms with Crippen molar-refractivity contribution in [1.82, 2.24) is 9.78 Å². The Morgan fingerprint density at radius 1 is 1.03 bits per heavy atom. The second-order valence-corrected chi connectivity index (χ2v) is 7.93. The molecule has 0 saturated heterocycles. The molecule has 171 valence electrons. The molecule has 0 amide bonds. The zero-order chi connectivity index (χ0) is 22.3. The second kappa shape index (κ2) is 14.6. The minimum atomic E-state index is -0.254. The summed E-state index contributed by atoms with van der Waals surface area (Å²) in [5, 5.41) is 16.1. The fourth-order valence-corrected chi connectivity index (χ4v) is 3.39. The van der Waals surface area contributed by atoms with Gasteiger partial charge in [-0.1, -0.05) is 75.7 Å². The van der Waals surface area contributed by atoms with Gasteiger partial charge in [-0.3, -0.25) is 4.79 Å². The van der Waals surface area contributed by atoms with Gasteiger partial charge >= 0.3 is 0 Å². The number of aryl methyl sites for hydroxylation is 3. The van der Waals surface area contributed by atoms with Crippen LogP contribution in [0.5, 0.6) is 5.75 Å². The molecule has 0 spiro atoms. The average molecular weight is 531 g/mol. The number of halogens is 1. The Labute approximate surface area is 222 Å². The summed E-state index contributed by atoms with van der Waals surface area (Å²) in [7, 11) is 0. The summed E-state index contributed by atoms with van der Waals surface area (Å²) in [6.45, 7) is 10.5. The maximum absolute atomic E-state index is 13.1. The molecule has 0 aliphatic carbocycles. The molecule has 4 nitrogen and oxygen atoms in total. The molecule has 6 heteroatoms. The van der Waals surface area contributed by atoms with Crippen LogP contribution in [0.4, 0.5) is 0 Å². The molecule has 1 aromatic heterocycles. The summed E-state index contributed by atoms with van der Waals surface area (Å²) >= 11 is 5.95. The van der Waals surface area contributed by atoms with Gasteiger partial charge in [0.1, 0.15) is 5.69 Å². The third-order valence-corrected chi connectivity index (χ3v) is 4.97. The summed E-state index contributed by atoms with van der Waals surface area (Å²) in [6, 6.07) is 15.2. The molecule has 1 heterocycles. The van der Waals surface area contributed by atoms with E-state index in [-0.39, 0.29) is 57.4 Å². The molecule has 32 heavy (non-hydrogen) atoms. The first-order valence-electron chi connectivity index (χ1n) is 10.5. The zero-order valence-electron chi connectivity index (χ0n) is 20.0. The Kier molecular flexibility index (Phi) is 13.9. The monoisotopic (exact) mass is 530 g/mol. The van der Waals surface area contributed by atoms with Crippen molar-refractivity contribution in [3.63, 3.8) is 0 Å². The van der Waals surface area contributed by atoms with Gasteiger partial charge in [-0.2, -0.15) is 5.10 Å². The Morgan fingerprint density at radius 2 is 1.62 bits per heavy atom. The molecule has 1 N–H and O–H groups in total. The first kappa shape index (κ1) is 30.5. The van der Waals surface area contributed by atoms with Crippen LogP contribution >= 0.6 is 11.6 Å². The van der Waals surface area contributed by atoms with Crippen LogP contribution in [0.2, 0.25) is 5.02 Å². The van der Waals surface area contributed by atoms with E-state index >= 15 is 0 Å². The molecule has 3 rings (SSSR count). The zero-order valence-corrected chi connectivity index (χ0v) is 23.6. The second-order valence-electron chi connectivity index (χ2n) is 7.49. The van der Waals surface area contributed by atoms with Gasteiger partial charge < -0.3 is 12.5 Å². The molecule has 3 aromatic rings. The third kappa shape index (κ3) is 7.83. The van der Waals surface area contributed by atoms with Crippen molar-refractivity contribution in [2.24, 2.45) is 5.92 Å². The van der Waals surface area contributed by atoms with Crippen molar-refractivity contribution in [2.75, 3.05) is 0 Å². The number of hydrogen-bond acceptors (Lipinski definition) is 3. The number of hydrogen-bond donors (Lipinski definition) is 1. The molecule has 0 fully saturated rings. The minimum absolute atomic E-state index is 0. The van der Waals surface area contributed by atoms with E-state index in [1.165, 1.54) is 4.68 Å². The Hall–Kier alpha value is -1.49. The van der Waals surface area contributed by atoms with E-state index in [1.807, 2.05) is 83.1 Å². The Balaban J connectivity index is 0.00000234. The van der Waals surface area contributed by atoms with Crippen molar-refractivity contribution >= 4 is 11.6 Å². The van der Waals surface area contributed by atoms with Crippen molar-refractivity contribution in [3.05, 3.63) is 88.2 Å². The average Bonchev–Trinajstić information content (AvgIpc) is 2.73. The molecule has 1 radical (unpaired) electrons. The normalized spacial score (nSPS) is 9.97. The molecule has 0 unspecified atom stereocenters. The number of aromatic nitrogens is 2. The van der Waals surface area contributed by atoms with E-state index in [4.69, 9.17) is 11.6 Å². The summed E-state index contributed by atoms with van der Waals surface area (Å²) < 4.78 is 1.49. The summed E-state index contributed by atoms with van der Waals surface area (Å²) in [5.41, 5.74) is 3.41. The topological polar surface area (TPSA) is 55.1 Å². The largest absolute Gasteiger partial charge is 0.505 e. The molecule has 0 atom stereocenters. The third-order valence-electron chi connectivity index (χ3n) is 4.72. The summed E-state index contributed by atoms with van der Waals surface area (Å²) in [6.07, 6.45) is 1.23.